The SMILES string of the molecule is NC(=O)c1ccccc1CN1CCCCC1CCC(=O)O. The summed E-state index contributed by atoms with van der Waals surface area (Å²) in [7, 11) is 0. The first-order chi connectivity index (χ1) is 10.1. The lowest BCUT2D eigenvalue weighted by Crippen LogP contribution is -2.39. The Labute approximate surface area is 124 Å². The summed E-state index contributed by atoms with van der Waals surface area (Å²) in [6.07, 6.45) is 4.12. The second-order valence-electron chi connectivity index (χ2n) is 5.57. The standard InChI is InChI=1S/C16H22N2O3/c17-16(21)14-7-2-1-5-12(14)11-18-10-4-3-6-13(18)8-9-15(19)20/h1-2,5,7,13H,3-4,6,8-11H2,(H2,17,21)(H,19,20). The van der Waals surface area contributed by atoms with Crippen molar-refractivity contribution in [2.45, 2.75) is 44.7 Å². The van der Waals surface area contributed by atoms with E-state index in [0.717, 1.165) is 31.4 Å². The van der Waals surface area contributed by atoms with Gasteiger partial charge in [0.25, 0.3) is 0 Å². The second kappa shape index (κ2) is 7.22. The molecule has 1 amide bonds. The molecule has 0 saturated carbocycles. The summed E-state index contributed by atoms with van der Waals surface area (Å²) >= 11 is 0. The second-order valence-corrected chi connectivity index (χ2v) is 5.57. The van der Waals surface area contributed by atoms with Gasteiger partial charge < -0.3 is 10.8 Å². The number of carbonyl (C=O) groups excluding carboxylic acids is 1. The average molecular weight is 290 g/mol. The molecular formula is C16H22N2O3. The fraction of sp³-hybridized carbons (Fsp3) is 0.500. The summed E-state index contributed by atoms with van der Waals surface area (Å²) in [5, 5.41) is 8.86. The number of likely N-dealkylation sites (tertiary alicyclic amines) is 1. The number of hydrogen-bond donors (Lipinski definition) is 2. The highest BCUT2D eigenvalue weighted by atomic mass is 16.4. The van der Waals surface area contributed by atoms with Crippen LogP contribution in [0.2, 0.25) is 0 Å². The number of amides is 1. The Balaban J connectivity index is 2.08. The molecular weight excluding hydrogens is 268 g/mol. The Bertz CT molecular complexity index is 516. The van der Waals surface area contributed by atoms with Gasteiger partial charge in [0.05, 0.1) is 0 Å². The van der Waals surface area contributed by atoms with E-state index in [-0.39, 0.29) is 12.5 Å². The monoisotopic (exact) mass is 290 g/mol. The van der Waals surface area contributed by atoms with Crippen LogP contribution in [0.1, 0.15) is 48.0 Å². The molecule has 0 aliphatic carbocycles. The average Bonchev–Trinajstić information content (AvgIpc) is 2.46. The van der Waals surface area contributed by atoms with Gasteiger partial charge in [0, 0.05) is 24.6 Å². The van der Waals surface area contributed by atoms with Gasteiger partial charge in [0.2, 0.25) is 5.91 Å². The van der Waals surface area contributed by atoms with E-state index in [2.05, 4.69) is 4.90 Å². The van der Waals surface area contributed by atoms with Gasteiger partial charge >= 0.3 is 5.97 Å². The Hall–Kier alpha value is -1.88. The van der Waals surface area contributed by atoms with Crippen LogP contribution >= 0.6 is 0 Å². The highest BCUT2D eigenvalue weighted by Gasteiger charge is 2.24. The minimum absolute atomic E-state index is 0.193. The summed E-state index contributed by atoms with van der Waals surface area (Å²) in [5.41, 5.74) is 6.90. The van der Waals surface area contributed by atoms with Crippen LogP contribution in [-0.4, -0.2) is 34.5 Å². The molecule has 0 radical (unpaired) electrons. The predicted molar refractivity (Wildman–Crippen MR) is 79.9 cm³/mol. The number of rotatable bonds is 6. The number of benzene rings is 1. The Morgan fingerprint density at radius 2 is 2.05 bits per heavy atom. The number of carboxylic acid groups (broad SMARTS) is 1. The molecule has 114 valence electrons. The third-order valence-corrected chi connectivity index (χ3v) is 4.10. The topological polar surface area (TPSA) is 83.6 Å². The van der Waals surface area contributed by atoms with Crippen molar-refractivity contribution in [2.24, 2.45) is 5.73 Å². The van der Waals surface area contributed by atoms with Crippen molar-refractivity contribution in [3.05, 3.63) is 35.4 Å². The number of nitrogens with two attached hydrogens (primary N) is 1. The number of hydrogen-bond acceptors (Lipinski definition) is 3. The minimum Gasteiger partial charge on any atom is -0.481 e. The Kier molecular flexibility index (Phi) is 5.33. The van der Waals surface area contributed by atoms with Crippen molar-refractivity contribution in [1.82, 2.24) is 4.90 Å². The lowest BCUT2D eigenvalue weighted by molar-refractivity contribution is -0.137. The zero-order valence-electron chi connectivity index (χ0n) is 12.1. The third kappa shape index (κ3) is 4.29. The van der Waals surface area contributed by atoms with E-state index in [1.807, 2.05) is 18.2 Å². The molecule has 1 heterocycles. The number of piperidine rings is 1. The molecule has 5 nitrogen and oxygen atoms in total. The molecule has 1 aliphatic heterocycles. The minimum atomic E-state index is -0.752. The first-order valence-corrected chi connectivity index (χ1v) is 7.41. The molecule has 1 saturated heterocycles. The number of carboxylic acids is 1. The lowest BCUT2D eigenvalue weighted by atomic mass is 9.96. The van der Waals surface area contributed by atoms with Gasteiger partial charge in [-0.3, -0.25) is 14.5 Å². The van der Waals surface area contributed by atoms with Crippen molar-refractivity contribution in [3.63, 3.8) is 0 Å². The van der Waals surface area contributed by atoms with Crippen LogP contribution in [0, 0.1) is 0 Å². The maximum Gasteiger partial charge on any atom is 0.303 e. The summed E-state index contributed by atoms with van der Waals surface area (Å²) in [6, 6.07) is 7.65. The van der Waals surface area contributed by atoms with E-state index in [9.17, 15) is 9.59 Å². The van der Waals surface area contributed by atoms with Gasteiger partial charge in [-0.05, 0) is 37.4 Å². The maximum absolute atomic E-state index is 11.5. The number of primary amides is 1. The lowest BCUT2D eigenvalue weighted by Gasteiger charge is -2.36. The summed E-state index contributed by atoms with van der Waals surface area (Å²) < 4.78 is 0. The number of nitrogens with zero attached hydrogens (tertiary/aromatic N) is 1. The summed E-state index contributed by atoms with van der Waals surface area (Å²) in [5.74, 6) is -1.16. The first kappa shape index (κ1) is 15.5. The van der Waals surface area contributed by atoms with Gasteiger partial charge in [0.15, 0.2) is 0 Å². The molecule has 0 bridgehead atoms. The molecule has 21 heavy (non-hydrogen) atoms. The molecule has 1 atom stereocenters. The third-order valence-electron chi connectivity index (χ3n) is 4.10. The van der Waals surface area contributed by atoms with Gasteiger partial charge in [-0.2, -0.15) is 0 Å². The molecule has 1 fully saturated rings. The van der Waals surface area contributed by atoms with Crippen molar-refractivity contribution >= 4 is 11.9 Å². The van der Waals surface area contributed by atoms with Gasteiger partial charge in [-0.25, -0.2) is 0 Å². The zero-order chi connectivity index (χ0) is 15.2. The summed E-state index contributed by atoms with van der Waals surface area (Å²) in [6.45, 7) is 1.60. The van der Waals surface area contributed by atoms with Crippen LogP contribution in [0.4, 0.5) is 0 Å². The predicted octanol–water partition coefficient (Wildman–Crippen LogP) is 2.00. The first-order valence-electron chi connectivity index (χ1n) is 7.41. The smallest absolute Gasteiger partial charge is 0.303 e. The highest BCUT2D eigenvalue weighted by Crippen LogP contribution is 2.24. The van der Waals surface area contributed by atoms with Crippen LogP contribution < -0.4 is 5.73 Å². The molecule has 0 spiro atoms. The highest BCUT2D eigenvalue weighted by molar-refractivity contribution is 5.94. The summed E-state index contributed by atoms with van der Waals surface area (Å²) in [4.78, 5) is 24.5. The van der Waals surface area contributed by atoms with Crippen molar-refractivity contribution < 1.29 is 14.7 Å². The van der Waals surface area contributed by atoms with Crippen LogP contribution in [-0.2, 0) is 11.3 Å². The Morgan fingerprint density at radius 3 is 2.76 bits per heavy atom. The number of aliphatic carboxylic acids is 1. The molecule has 1 aliphatic rings. The van der Waals surface area contributed by atoms with E-state index in [4.69, 9.17) is 10.8 Å². The molecule has 1 unspecified atom stereocenters. The molecule has 5 heteroatoms. The largest absolute Gasteiger partial charge is 0.481 e. The van der Waals surface area contributed by atoms with E-state index < -0.39 is 11.9 Å². The van der Waals surface area contributed by atoms with E-state index in [0.29, 0.717) is 18.5 Å². The molecule has 3 N–H and O–H groups in total. The Morgan fingerprint density at radius 1 is 1.29 bits per heavy atom. The molecule has 1 aromatic rings. The maximum atomic E-state index is 11.5. The number of carbonyl (C=O) groups is 2. The molecule has 1 aromatic carbocycles. The van der Waals surface area contributed by atoms with E-state index in [1.165, 1.54) is 0 Å². The zero-order valence-corrected chi connectivity index (χ0v) is 12.1. The van der Waals surface area contributed by atoms with Crippen LogP contribution in [0.5, 0.6) is 0 Å². The fourth-order valence-corrected chi connectivity index (χ4v) is 3.00. The van der Waals surface area contributed by atoms with E-state index >= 15 is 0 Å². The van der Waals surface area contributed by atoms with Crippen LogP contribution in [0.3, 0.4) is 0 Å². The van der Waals surface area contributed by atoms with Crippen molar-refractivity contribution in [3.8, 4) is 0 Å². The van der Waals surface area contributed by atoms with E-state index in [1.54, 1.807) is 6.07 Å². The normalized spacial score (nSPS) is 19.3. The van der Waals surface area contributed by atoms with Gasteiger partial charge in [-0.15, -0.1) is 0 Å². The van der Waals surface area contributed by atoms with Crippen LogP contribution in [0.15, 0.2) is 24.3 Å². The molecule has 0 aromatic heterocycles. The fourth-order valence-electron chi connectivity index (χ4n) is 3.00. The van der Waals surface area contributed by atoms with Crippen molar-refractivity contribution in [2.75, 3.05) is 6.54 Å². The van der Waals surface area contributed by atoms with Crippen LogP contribution in [0.25, 0.3) is 0 Å². The van der Waals surface area contributed by atoms with Crippen molar-refractivity contribution in [1.29, 1.82) is 0 Å². The van der Waals surface area contributed by atoms with Gasteiger partial charge in [0.1, 0.15) is 0 Å². The van der Waals surface area contributed by atoms with Gasteiger partial charge in [-0.1, -0.05) is 24.6 Å². The quantitative estimate of drug-likeness (QED) is 0.839. The molecule has 2 rings (SSSR count).